The molecule has 0 atom stereocenters. The van der Waals surface area contributed by atoms with E-state index in [1.165, 1.54) is 26.9 Å². The quantitative estimate of drug-likeness (QED) is 0.526. The molecule has 2 aromatic heterocycles. The van der Waals surface area contributed by atoms with Crippen molar-refractivity contribution >= 4 is 26.7 Å². The van der Waals surface area contributed by atoms with Crippen molar-refractivity contribution < 1.29 is 4.39 Å². The lowest BCUT2D eigenvalue weighted by Gasteiger charge is -2.11. The number of rotatable bonds is 5. The van der Waals surface area contributed by atoms with Gasteiger partial charge in [0.2, 0.25) is 0 Å². The molecule has 4 aromatic rings. The number of thiazole rings is 1. The molecule has 2 aromatic carbocycles. The summed E-state index contributed by atoms with van der Waals surface area (Å²) in [6.45, 7) is 1.98. The molecule has 0 saturated carbocycles. The van der Waals surface area contributed by atoms with E-state index in [9.17, 15) is 9.18 Å². The van der Waals surface area contributed by atoms with Crippen LogP contribution in [0, 0.1) is 6.92 Å². The summed E-state index contributed by atoms with van der Waals surface area (Å²) >= 11 is 1.44. The number of benzene rings is 2. The van der Waals surface area contributed by atoms with Crippen LogP contribution >= 0.6 is 11.3 Å². The Morgan fingerprint density at radius 1 is 1.31 bits per heavy atom. The second-order valence-corrected chi connectivity index (χ2v) is 7.66. The van der Waals surface area contributed by atoms with E-state index in [-0.39, 0.29) is 18.8 Å². The van der Waals surface area contributed by atoms with E-state index in [1.807, 2.05) is 43.3 Å². The lowest BCUT2D eigenvalue weighted by Crippen LogP contribution is -2.26. The van der Waals surface area contributed by atoms with Gasteiger partial charge in [-0.25, -0.2) is 23.4 Å². The fraction of sp³-hybridized carbons (Fsp3) is 0.150. The van der Waals surface area contributed by atoms with E-state index >= 15 is 0 Å². The van der Waals surface area contributed by atoms with E-state index < -0.39 is 0 Å². The summed E-state index contributed by atoms with van der Waals surface area (Å²) in [4.78, 5) is 17.1. The van der Waals surface area contributed by atoms with Gasteiger partial charge in [0.05, 0.1) is 28.8 Å². The molecule has 0 fully saturated rings. The fourth-order valence-electron chi connectivity index (χ4n) is 3.26. The molecule has 0 aliphatic carbocycles. The van der Waals surface area contributed by atoms with Gasteiger partial charge in [0.25, 0.3) is 0 Å². The maximum Gasteiger partial charge on any atom is 0.350 e. The Labute approximate surface area is 169 Å². The number of aromatic nitrogens is 4. The second kappa shape index (κ2) is 7.61. The Balaban J connectivity index is 1.77. The lowest BCUT2D eigenvalue weighted by atomic mass is 9.99. The van der Waals surface area contributed by atoms with Crippen LogP contribution in [0.5, 0.6) is 0 Å². The molecular weight excluding hydrogens is 391 g/mol. The van der Waals surface area contributed by atoms with E-state index in [0.29, 0.717) is 22.7 Å². The van der Waals surface area contributed by atoms with Crippen molar-refractivity contribution in [1.82, 2.24) is 19.3 Å². The molecule has 7 nitrogen and oxygen atoms in total. The summed E-state index contributed by atoms with van der Waals surface area (Å²) in [6.07, 6.45) is 1.85. The normalized spacial score (nSPS) is 12.0. The Hall–Kier alpha value is -3.30. The lowest BCUT2D eigenvalue weighted by molar-refractivity contribution is 0.612. The molecule has 29 heavy (non-hydrogen) atoms. The number of fused-ring (bicyclic) bond motifs is 1. The third kappa shape index (κ3) is 3.45. The van der Waals surface area contributed by atoms with Crippen molar-refractivity contribution in [3.63, 3.8) is 0 Å². The Kier molecular flexibility index (Phi) is 4.99. The maximum absolute atomic E-state index is 12.8. The molecule has 2 heterocycles. The average Bonchev–Trinajstić information content (AvgIpc) is 3.27. The monoisotopic (exact) mass is 410 g/mol. The molecule has 4 N–H and O–H groups in total. The highest BCUT2D eigenvalue weighted by molar-refractivity contribution is 7.22. The predicted octanol–water partition coefficient (Wildman–Crippen LogP) is 3.01. The van der Waals surface area contributed by atoms with E-state index in [2.05, 4.69) is 10.1 Å². The molecule has 0 bridgehead atoms. The summed E-state index contributed by atoms with van der Waals surface area (Å²) in [5, 5.41) is 4.63. The summed E-state index contributed by atoms with van der Waals surface area (Å²) in [5.41, 5.74) is 15.6. The van der Waals surface area contributed by atoms with Crippen LogP contribution in [0.15, 0.2) is 59.4 Å². The molecule has 0 saturated heterocycles. The van der Waals surface area contributed by atoms with Crippen LogP contribution < -0.4 is 17.2 Å². The van der Waals surface area contributed by atoms with Crippen LogP contribution in [0.4, 0.5) is 9.52 Å². The third-order valence-corrected chi connectivity index (χ3v) is 5.65. The van der Waals surface area contributed by atoms with Crippen molar-refractivity contribution in [1.29, 1.82) is 0 Å². The van der Waals surface area contributed by atoms with Crippen LogP contribution in [0.1, 0.15) is 5.56 Å². The highest BCUT2D eigenvalue weighted by atomic mass is 32.1. The molecule has 0 aliphatic heterocycles. The smallest absolute Gasteiger partial charge is 0.350 e. The summed E-state index contributed by atoms with van der Waals surface area (Å²) in [5.74, 6) is 0. The van der Waals surface area contributed by atoms with E-state index in [4.69, 9.17) is 11.5 Å². The van der Waals surface area contributed by atoms with Gasteiger partial charge in [0.1, 0.15) is 6.33 Å². The van der Waals surface area contributed by atoms with Crippen LogP contribution in [-0.2, 0) is 6.54 Å². The zero-order chi connectivity index (χ0) is 20.5. The van der Waals surface area contributed by atoms with Crippen LogP contribution in [0.3, 0.4) is 0 Å². The van der Waals surface area contributed by atoms with Crippen molar-refractivity contribution in [2.45, 2.75) is 13.5 Å². The van der Waals surface area contributed by atoms with Gasteiger partial charge >= 0.3 is 5.69 Å². The van der Waals surface area contributed by atoms with Crippen molar-refractivity contribution in [3.05, 3.63) is 70.7 Å². The first kappa shape index (κ1) is 19.0. The molecule has 0 spiro atoms. The summed E-state index contributed by atoms with van der Waals surface area (Å²) < 4.78 is 16.5. The standard InChI is InChI=1S/C20H19FN6OS/c1-12-15(14-5-6-18-16(7-14)25-19(23)29-18)3-2-4-17(12)26-11-24-27(20(26)28)10-13(8-21)9-22/h2-8,11H,9-10,22H2,1H3,(H2,23,25)/b13-8+. The first-order chi connectivity index (χ1) is 14.0. The minimum Gasteiger partial charge on any atom is -0.375 e. The molecule has 0 aliphatic rings. The zero-order valence-corrected chi connectivity index (χ0v) is 16.5. The Morgan fingerprint density at radius 2 is 2.14 bits per heavy atom. The van der Waals surface area contributed by atoms with Gasteiger partial charge in [-0.1, -0.05) is 29.5 Å². The van der Waals surface area contributed by atoms with Gasteiger partial charge in [0, 0.05) is 6.54 Å². The van der Waals surface area contributed by atoms with Gasteiger partial charge in [-0.05, 0) is 47.4 Å². The number of nitrogen functional groups attached to an aromatic ring is 1. The minimum absolute atomic E-state index is 0.0134. The van der Waals surface area contributed by atoms with Crippen LogP contribution in [0.25, 0.3) is 27.0 Å². The van der Waals surface area contributed by atoms with Gasteiger partial charge in [-0.15, -0.1) is 0 Å². The molecule has 0 unspecified atom stereocenters. The van der Waals surface area contributed by atoms with Crippen LogP contribution in [0.2, 0.25) is 0 Å². The van der Waals surface area contributed by atoms with Crippen molar-refractivity contribution in [3.8, 4) is 16.8 Å². The molecule has 0 amide bonds. The molecule has 4 rings (SSSR count). The maximum atomic E-state index is 12.8. The predicted molar refractivity (Wildman–Crippen MR) is 114 cm³/mol. The van der Waals surface area contributed by atoms with E-state index in [1.54, 1.807) is 0 Å². The number of hydrogen-bond donors (Lipinski definition) is 2. The summed E-state index contributed by atoms with van der Waals surface area (Å²) in [6, 6.07) is 11.7. The zero-order valence-electron chi connectivity index (χ0n) is 15.7. The SMILES string of the molecule is Cc1c(-c2ccc3sc(N)nc3c2)cccc1-n1cnn(C/C(=C/F)CN)c1=O. The number of halogens is 1. The Bertz CT molecular complexity index is 1290. The molecular formula is C20H19FN6OS. The average molecular weight is 410 g/mol. The first-order valence-electron chi connectivity index (χ1n) is 8.91. The van der Waals surface area contributed by atoms with Crippen molar-refractivity contribution in [2.75, 3.05) is 12.3 Å². The van der Waals surface area contributed by atoms with Crippen molar-refractivity contribution in [2.24, 2.45) is 5.73 Å². The highest BCUT2D eigenvalue weighted by Crippen LogP contribution is 2.32. The topological polar surface area (TPSA) is 105 Å². The molecule has 9 heteroatoms. The van der Waals surface area contributed by atoms with Gasteiger partial charge in [0.15, 0.2) is 5.13 Å². The first-order valence-corrected chi connectivity index (χ1v) is 9.72. The van der Waals surface area contributed by atoms with E-state index in [0.717, 1.165) is 26.9 Å². The Morgan fingerprint density at radius 3 is 2.90 bits per heavy atom. The highest BCUT2D eigenvalue weighted by Gasteiger charge is 2.14. The third-order valence-electron chi connectivity index (χ3n) is 4.78. The number of hydrogen-bond acceptors (Lipinski definition) is 6. The van der Waals surface area contributed by atoms with Gasteiger partial charge < -0.3 is 11.5 Å². The van der Waals surface area contributed by atoms with Gasteiger partial charge in [-0.3, -0.25) is 0 Å². The van der Waals surface area contributed by atoms with Gasteiger partial charge in [-0.2, -0.15) is 5.10 Å². The number of nitrogens with zero attached hydrogens (tertiary/aromatic N) is 4. The van der Waals surface area contributed by atoms with Crippen LogP contribution in [-0.4, -0.2) is 25.9 Å². The number of anilines is 1. The summed E-state index contributed by atoms with van der Waals surface area (Å²) in [7, 11) is 0. The minimum atomic E-state index is -0.360. The number of nitrogens with two attached hydrogens (primary N) is 2. The molecule has 0 radical (unpaired) electrons. The second-order valence-electron chi connectivity index (χ2n) is 6.60. The largest absolute Gasteiger partial charge is 0.375 e. The fourth-order valence-corrected chi connectivity index (χ4v) is 3.97. The molecule has 148 valence electrons.